The Morgan fingerprint density at radius 2 is 1.73 bits per heavy atom. The van der Waals surface area contributed by atoms with E-state index in [0.717, 1.165) is 32.9 Å². The van der Waals surface area contributed by atoms with Crippen molar-refractivity contribution >= 4 is 52.2 Å². The van der Waals surface area contributed by atoms with Crippen molar-refractivity contribution in [3.05, 3.63) is 109 Å². The number of hydrogen-bond acceptors (Lipinski definition) is 6. The van der Waals surface area contributed by atoms with Gasteiger partial charge in [0.25, 0.3) is 0 Å². The monoisotopic (exact) mass is 548 g/mol. The second-order valence-electron chi connectivity index (χ2n) is 9.08. The first kappa shape index (κ1) is 24.0. The summed E-state index contributed by atoms with van der Waals surface area (Å²) in [5.74, 6) is -0.865. The molecular weight excluding hydrogens is 528 g/mol. The molecule has 9 heteroatoms. The number of fused-ring (bicyclic) bond motifs is 2. The topological polar surface area (TPSA) is 79.5 Å². The van der Waals surface area contributed by atoms with Gasteiger partial charge in [0.1, 0.15) is 17.6 Å². The number of thiazole rings is 1. The second kappa shape index (κ2) is 9.52. The number of imide groups is 1. The molecule has 0 spiro atoms. The van der Waals surface area contributed by atoms with E-state index in [2.05, 4.69) is 4.98 Å². The fourth-order valence-electron chi connectivity index (χ4n) is 4.89. The first-order chi connectivity index (χ1) is 17.9. The molecule has 0 saturated carbocycles. The third-order valence-electron chi connectivity index (χ3n) is 6.65. The highest BCUT2D eigenvalue weighted by Crippen LogP contribution is 2.53. The molecule has 1 fully saturated rings. The number of carbonyl (C=O) groups is 2. The maximum absolute atomic E-state index is 13.8. The van der Waals surface area contributed by atoms with E-state index in [1.54, 1.807) is 12.1 Å². The molecule has 2 aliphatic rings. The van der Waals surface area contributed by atoms with Crippen molar-refractivity contribution in [2.24, 2.45) is 5.92 Å². The van der Waals surface area contributed by atoms with Crippen LogP contribution in [0.1, 0.15) is 27.5 Å². The number of carbonyl (C=O) groups excluding carboxylic acids is 2. The molecule has 0 bridgehead atoms. The van der Waals surface area contributed by atoms with E-state index in [9.17, 15) is 14.4 Å². The van der Waals surface area contributed by atoms with E-state index in [4.69, 9.17) is 16.3 Å². The predicted molar refractivity (Wildman–Crippen MR) is 146 cm³/mol. The summed E-state index contributed by atoms with van der Waals surface area (Å²) in [6.07, 6.45) is 0. The maximum atomic E-state index is 13.8. The molecule has 4 aromatic rings. The fourth-order valence-corrected chi connectivity index (χ4v) is 7.62. The number of halogens is 1. The normalized spacial score (nSPS) is 20.6. The zero-order valence-corrected chi connectivity index (χ0v) is 22.0. The number of anilines is 1. The van der Waals surface area contributed by atoms with Crippen LogP contribution in [0.25, 0.3) is 0 Å². The summed E-state index contributed by atoms with van der Waals surface area (Å²) in [5, 5.41) is 0.697. The van der Waals surface area contributed by atoms with Gasteiger partial charge in [0.2, 0.25) is 11.8 Å². The molecule has 1 N–H and O–H groups in total. The zero-order valence-electron chi connectivity index (χ0n) is 19.6. The first-order valence-corrected chi connectivity index (χ1v) is 13.8. The Balaban J connectivity index is 1.32. The highest BCUT2D eigenvalue weighted by Gasteiger charge is 2.56. The summed E-state index contributed by atoms with van der Waals surface area (Å²) in [6, 6.07) is 22.4. The molecule has 3 aromatic carbocycles. The molecule has 2 aliphatic heterocycles. The van der Waals surface area contributed by atoms with Gasteiger partial charge in [-0.15, -0.1) is 0 Å². The van der Waals surface area contributed by atoms with Gasteiger partial charge in [-0.1, -0.05) is 76.7 Å². The zero-order chi connectivity index (χ0) is 25.7. The number of aromatic nitrogens is 1. The number of benzene rings is 3. The van der Waals surface area contributed by atoms with Crippen LogP contribution in [0, 0.1) is 12.8 Å². The summed E-state index contributed by atoms with van der Waals surface area (Å²) < 4.78 is 5.93. The van der Waals surface area contributed by atoms with Crippen molar-refractivity contribution < 1.29 is 14.3 Å². The van der Waals surface area contributed by atoms with Crippen LogP contribution < -0.4 is 14.5 Å². The lowest BCUT2D eigenvalue weighted by Crippen LogP contribution is -2.32. The van der Waals surface area contributed by atoms with E-state index < -0.39 is 17.1 Å². The van der Waals surface area contributed by atoms with Crippen LogP contribution in [0.2, 0.25) is 5.02 Å². The summed E-state index contributed by atoms with van der Waals surface area (Å²) in [5.41, 5.74) is 3.42. The van der Waals surface area contributed by atoms with Gasteiger partial charge in [-0.25, -0.2) is 4.90 Å². The van der Waals surface area contributed by atoms with Gasteiger partial charge in [0.15, 0.2) is 0 Å². The SMILES string of the molecule is Cc1ccc(N2C(=O)C3Sc4[nH]c(=O)sc4[C@H](c4ccc(OCc5cccc(Cl)c5)cc4)C3C2=O)cc1. The molecule has 3 heterocycles. The third kappa shape index (κ3) is 4.39. The maximum Gasteiger partial charge on any atom is 0.305 e. The van der Waals surface area contributed by atoms with Crippen molar-refractivity contribution in [3.63, 3.8) is 0 Å². The van der Waals surface area contributed by atoms with Crippen molar-refractivity contribution in [1.82, 2.24) is 4.98 Å². The van der Waals surface area contributed by atoms with E-state index >= 15 is 0 Å². The molecule has 37 heavy (non-hydrogen) atoms. The summed E-state index contributed by atoms with van der Waals surface area (Å²) in [7, 11) is 0. The van der Waals surface area contributed by atoms with Crippen LogP contribution in [0.15, 0.2) is 82.6 Å². The fraction of sp³-hybridized carbons (Fsp3) is 0.179. The minimum absolute atomic E-state index is 0.195. The van der Waals surface area contributed by atoms with Crippen LogP contribution in [-0.4, -0.2) is 22.0 Å². The summed E-state index contributed by atoms with van der Waals surface area (Å²) in [4.78, 5) is 44.3. The van der Waals surface area contributed by atoms with Gasteiger partial charge in [-0.2, -0.15) is 0 Å². The molecule has 1 aromatic heterocycles. The van der Waals surface area contributed by atoms with E-state index in [1.807, 2.05) is 67.6 Å². The molecule has 2 unspecified atom stereocenters. The predicted octanol–water partition coefficient (Wildman–Crippen LogP) is 5.77. The average molecular weight is 549 g/mol. The molecular formula is C28H21ClN2O4S2. The Bertz CT molecular complexity index is 1560. The van der Waals surface area contributed by atoms with Gasteiger partial charge in [-0.3, -0.25) is 14.4 Å². The Hall–Kier alpha value is -3.33. The highest BCUT2D eigenvalue weighted by atomic mass is 35.5. The molecule has 6 rings (SSSR count). The lowest BCUT2D eigenvalue weighted by Gasteiger charge is -2.29. The van der Waals surface area contributed by atoms with Crippen molar-refractivity contribution in [2.75, 3.05) is 4.90 Å². The number of thioether (sulfide) groups is 1. The second-order valence-corrected chi connectivity index (χ2v) is 11.7. The largest absolute Gasteiger partial charge is 0.489 e. The van der Waals surface area contributed by atoms with Crippen molar-refractivity contribution in [3.8, 4) is 5.75 Å². The Labute approximate surface area is 226 Å². The van der Waals surface area contributed by atoms with Crippen LogP contribution in [0.5, 0.6) is 5.75 Å². The Morgan fingerprint density at radius 1 is 0.973 bits per heavy atom. The number of hydrogen-bond donors (Lipinski definition) is 1. The molecule has 0 aliphatic carbocycles. The minimum Gasteiger partial charge on any atom is -0.489 e. The van der Waals surface area contributed by atoms with Crippen LogP contribution in [-0.2, 0) is 16.2 Å². The minimum atomic E-state index is -0.615. The Morgan fingerprint density at radius 3 is 2.46 bits per heavy atom. The van der Waals surface area contributed by atoms with Crippen LogP contribution in [0.3, 0.4) is 0 Å². The van der Waals surface area contributed by atoms with E-state index in [-0.39, 0.29) is 16.7 Å². The van der Waals surface area contributed by atoms with E-state index in [0.29, 0.717) is 28.1 Å². The number of rotatable bonds is 5. The van der Waals surface area contributed by atoms with E-state index in [1.165, 1.54) is 16.7 Å². The number of aromatic amines is 1. The van der Waals surface area contributed by atoms with Gasteiger partial charge < -0.3 is 9.72 Å². The molecule has 2 amide bonds. The summed E-state index contributed by atoms with van der Waals surface area (Å²) >= 11 is 8.44. The highest BCUT2D eigenvalue weighted by molar-refractivity contribution is 8.00. The van der Waals surface area contributed by atoms with Gasteiger partial charge in [0, 0.05) is 15.8 Å². The van der Waals surface area contributed by atoms with Crippen LogP contribution in [0.4, 0.5) is 5.69 Å². The smallest absolute Gasteiger partial charge is 0.305 e. The van der Waals surface area contributed by atoms with Crippen LogP contribution >= 0.6 is 34.7 Å². The van der Waals surface area contributed by atoms with Gasteiger partial charge in [-0.05, 0) is 54.4 Å². The molecule has 186 valence electrons. The quantitative estimate of drug-likeness (QED) is 0.320. The number of H-pyrrole nitrogens is 1. The number of amides is 2. The lowest BCUT2D eigenvalue weighted by atomic mass is 9.83. The average Bonchev–Trinajstić information content (AvgIpc) is 3.38. The Kier molecular flexibility index (Phi) is 6.18. The molecule has 3 atom stereocenters. The molecule has 0 radical (unpaired) electrons. The number of nitrogens with one attached hydrogen (secondary N) is 1. The van der Waals surface area contributed by atoms with Gasteiger partial charge in [0.05, 0.1) is 16.6 Å². The van der Waals surface area contributed by atoms with Crippen molar-refractivity contribution in [1.29, 1.82) is 0 Å². The first-order valence-electron chi connectivity index (χ1n) is 11.7. The lowest BCUT2D eigenvalue weighted by molar-refractivity contribution is -0.122. The number of ether oxygens (including phenoxy) is 1. The molecule has 1 saturated heterocycles. The molecule has 6 nitrogen and oxygen atoms in total. The number of nitrogens with zero attached hydrogens (tertiary/aromatic N) is 1. The number of aryl methyl sites for hydroxylation is 1. The summed E-state index contributed by atoms with van der Waals surface area (Å²) in [6.45, 7) is 2.33. The van der Waals surface area contributed by atoms with Gasteiger partial charge >= 0.3 is 4.87 Å². The standard InChI is InChI=1S/C28H21ClN2O4S2/c1-15-5-9-19(10-6-15)31-26(32)22-21(23-25(30-28(34)37-23)36-24(22)27(31)33)17-7-11-20(12-8-17)35-14-16-3-2-4-18(29)13-16/h2-13,21-22,24H,14H2,1H3,(H,30,34)/t21-,22?,24?/m1/s1. The van der Waals surface area contributed by atoms with Crippen molar-refractivity contribution in [2.45, 2.75) is 29.7 Å². The third-order valence-corrected chi connectivity index (χ3v) is 9.29.